The fourth-order valence-electron chi connectivity index (χ4n) is 5.78. The Balaban J connectivity index is 1.42. The van der Waals surface area contributed by atoms with Crippen molar-refractivity contribution in [2.24, 2.45) is 0 Å². The first-order valence-electron chi connectivity index (χ1n) is 14.7. The Kier molecular flexibility index (Phi) is 8.61. The first-order chi connectivity index (χ1) is 22.3. The molecular weight excluding hydrogens is 643 g/mol. The van der Waals surface area contributed by atoms with Gasteiger partial charge in [-0.3, -0.25) is 9.36 Å². The lowest BCUT2D eigenvalue weighted by atomic mass is 10.1. The maximum absolute atomic E-state index is 14.6. The molecule has 12 nitrogen and oxygen atoms in total. The second kappa shape index (κ2) is 12.5. The van der Waals surface area contributed by atoms with Crippen molar-refractivity contribution < 1.29 is 32.5 Å². The van der Waals surface area contributed by atoms with E-state index in [1.54, 1.807) is 18.2 Å². The molecule has 2 saturated heterocycles. The van der Waals surface area contributed by atoms with Crippen LogP contribution in [0.25, 0.3) is 16.7 Å². The Bertz CT molecular complexity index is 1880. The number of aromatic carboxylic acids is 1. The molecule has 0 saturated carbocycles. The molecular formula is C31H31ClF3N7O5. The molecule has 16 heteroatoms. The second-order valence-corrected chi connectivity index (χ2v) is 12.0. The van der Waals surface area contributed by atoms with E-state index in [9.17, 15) is 27.9 Å². The van der Waals surface area contributed by atoms with E-state index in [-0.39, 0.29) is 35.6 Å². The minimum Gasteiger partial charge on any atom is -0.481 e. The minimum atomic E-state index is -4.91. The van der Waals surface area contributed by atoms with Gasteiger partial charge in [0.25, 0.3) is 0 Å². The van der Waals surface area contributed by atoms with Crippen LogP contribution < -0.4 is 24.7 Å². The Labute approximate surface area is 271 Å². The number of alkyl halides is 3. The average Bonchev–Trinajstić information content (AvgIpc) is 3.48. The van der Waals surface area contributed by atoms with Gasteiger partial charge >= 0.3 is 12.1 Å². The van der Waals surface area contributed by atoms with Crippen molar-refractivity contribution in [2.45, 2.75) is 31.1 Å². The molecule has 6 heterocycles. The third kappa shape index (κ3) is 6.24. The number of pyridine rings is 4. The number of rotatable bonds is 9. The van der Waals surface area contributed by atoms with Crippen molar-refractivity contribution in [3.63, 3.8) is 0 Å². The Hall–Kier alpha value is -4.63. The molecule has 0 aromatic carbocycles. The highest BCUT2D eigenvalue weighted by Crippen LogP contribution is 2.40. The predicted octanol–water partition coefficient (Wildman–Crippen LogP) is 4.35. The van der Waals surface area contributed by atoms with Crippen molar-refractivity contribution >= 4 is 40.2 Å². The highest BCUT2D eigenvalue weighted by molar-refractivity contribution is 6.31. The van der Waals surface area contributed by atoms with Crippen LogP contribution in [-0.2, 0) is 6.18 Å². The van der Waals surface area contributed by atoms with Crippen LogP contribution >= 0.6 is 11.6 Å². The fraction of sp³-hybridized carbons (Fsp3) is 0.387. The summed E-state index contributed by atoms with van der Waals surface area (Å²) in [6.07, 6.45) is -1.33. The van der Waals surface area contributed by atoms with Gasteiger partial charge in [-0.1, -0.05) is 11.6 Å². The molecule has 0 aliphatic carbocycles. The van der Waals surface area contributed by atoms with E-state index in [1.807, 2.05) is 14.1 Å². The van der Waals surface area contributed by atoms with Gasteiger partial charge < -0.3 is 29.3 Å². The third-order valence-electron chi connectivity index (χ3n) is 8.48. The monoisotopic (exact) mass is 673 g/mol. The minimum absolute atomic E-state index is 0.0573. The number of aromatic nitrogens is 4. The van der Waals surface area contributed by atoms with Gasteiger partial charge in [-0.15, -0.1) is 0 Å². The van der Waals surface area contributed by atoms with E-state index in [1.165, 1.54) is 28.8 Å². The number of nitrogens with zero attached hydrogens (tertiary/aromatic N) is 7. The van der Waals surface area contributed by atoms with E-state index in [0.717, 1.165) is 19.3 Å². The number of halogens is 4. The number of hydrogen-bond acceptors (Lipinski definition) is 10. The highest BCUT2D eigenvalue weighted by Gasteiger charge is 2.40. The summed E-state index contributed by atoms with van der Waals surface area (Å²) in [5.41, 5.74) is -2.76. The molecule has 2 aliphatic heterocycles. The topological polar surface area (TPSA) is 126 Å². The van der Waals surface area contributed by atoms with Gasteiger partial charge in [-0.2, -0.15) is 18.2 Å². The van der Waals surface area contributed by atoms with Crippen molar-refractivity contribution in [3.8, 4) is 17.4 Å². The molecule has 0 amide bonds. The number of anilines is 2. The standard InChI is InChI=1S/C31H31ClF3N7O5/c1-39(2)19-13-40(14-19)24-8-6-17(12-36-24)42-15-21(30(44)45)26(43)20-11-22(31(33,34)35)28(38-27(20)42)41-10-4-5-18(41)16-47-29-23(32)7-9-25(37-29)46-3/h6-9,11-12,15,18-19H,4-5,10,13-14,16H2,1-3H3,(H,44,45)/t18-/m1/s1. The van der Waals surface area contributed by atoms with Crippen LogP contribution in [0, 0.1) is 0 Å². The quantitative estimate of drug-likeness (QED) is 0.273. The smallest absolute Gasteiger partial charge is 0.419 e. The number of hydrogen-bond donors (Lipinski definition) is 1. The number of methoxy groups -OCH3 is 1. The van der Waals surface area contributed by atoms with Crippen LogP contribution in [-0.4, -0.2) is 95.0 Å². The molecule has 1 atom stereocenters. The first kappa shape index (κ1) is 32.3. The number of carbonyl (C=O) groups is 1. The van der Waals surface area contributed by atoms with Crippen molar-refractivity contribution in [1.29, 1.82) is 0 Å². The first-order valence-corrected chi connectivity index (χ1v) is 15.1. The van der Waals surface area contributed by atoms with Gasteiger partial charge in [0.15, 0.2) is 5.65 Å². The third-order valence-corrected chi connectivity index (χ3v) is 8.77. The molecule has 6 rings (SSSR count). The van der Waals surface area contributed by atoms with Gasteiger partial charge in [-0.25, -0.2) is 14.8 Å². The fourth-order valence-corrected chi connectivity index (χ4v) is 5.94. The van der Waals surface area contributed by atoms with E-state index >= 15 is 0 Å². The highest BCUT2D eigenvalue weighted by atomic mass is 35.5. The molecule has 2 aliphatic rings. The summed E-state index contributed by atoms with van der Waals surface area (Å²) in [4.78, 5) is 44.1. The SMILES string of the molecule is COc1ccc(Cl)c(OC[C@H]2CCCN2c2nc3c(cc2C(F)(F)F)c(=O)c(C(=O)O)cn3-c2ccc(N3CC(N(C)C)C3)nc2)n1. The molecule has 0 unspecified atom stereocenters. The molecule has 2 fully saturated rings. The Morgan fingerprint density at radius 3 is 2.57 bits per heavy atom. The summed E-state index contributed by atoms with van der Waals surface area (Å²) in [5.74, 6) is -0.968. The molecule has 0 radical (unpaired) electrons. The zero-order valence-electron chi connectivity index (χ0n) is 25.7. The summed E-state index contributed by atoms with van der Waals surface area (Å²) in [6.45, 7) is 1.72. The molecule has 4 aromatic heterocycles. The zero-order valence-corrected chi connectivity index (χ0v) is 26.4. The number of ether oxygens (including phenoxy) is 2. The van der Waals surface area contributed by atoms with Crippen LogP contribution in [0.3, 0.4) is 0 Å². The van der Waals surface area contributed by atoms with Crippen LogP contribution in [0.2, 0.25) is 5.02 Å². The van der Waals surface area contributed by atoms with Gasteiger partial charge in [0.2, 0.25) is 17.2 Å². The van der Waals surface area contributed by atoms with Crippen LogP contribution in [0.15, 0.2) is 47.5 Å². The Morgan fingerprint density at radius 1 is 1.17 bits per heavy atom. The molecule has 1 N–H and O–H groups in total. The van der Waals surface area contributed by atoms with Crippen molar-refractivity contribution in [2.75, 3.05) is 57.2 Å². The largest absolute Gasteiger partial charge is 0.481 e. The summed E-state index contributed by atoms with van der Waals surface area (Å²) in [5, 5.41) is 9.52. The molecule has 0 spiro atoms. The van der Waals surface area contributed by atoms with Crippen LogP contribution in [0.1, 0.15) is 28.8 Å². The lowest BCUT2D eigenvalue weighted by Gasteiger charge is -2.43. The number of carboxylic acid groups (broad SMARTS) is 1. The van der Waals surface area contributed by atoms with E-state index in [2.05, 4.69) is 24.8 Å². The number of carboxylic acids is 1. The van der Waals surface area contributed by atoms with E-state index in [4.69, 9.17) is 21.1 Å². The van der Waals surface area contributed by atoms with E-state index in [0.29, 0.717) is 36.5 Å². The zero-order chi connectivity index (χ0) is 33.6. The summed E-state index contributed by atoms with van der Waals surface area (Å²) in [7, 11) is 5.42. The molecule has 47 heavy (non-hydrogen) atoms. The van der Waals surface area contributed by atoms with Gasteiger partial charge in [0, 0.05) is 37.9 Å². The molecule has 248 valence electrons. The predicted molar refractivity (Wildman–Crippen MR) is 168 cm³/mol. The lowest BCUT2D eigenvalue weighted by molar-refractivity contribution is -0.137. The van der Waals surface area contributed by atoms with Gasteiger partial charge in [-0.05, 0) is 51.2 Å². The second-order valence-electron chi connectivity index (χ2n) is 11.6. The maximum atomic E-state index is 14.6. The van der Waals surface area contributed by atoms with Crippen molar-refractivity contribution in [1.82, 2.24) is 24.4 Å². The molecule has 4 aromatic rings. The number of likely N-dealkylation sites (N-methyl/N-ethyl adjacent to an activating group) is 1. The maximum Gasteiger partial charge on any atom is 0.419 e. The summed E-state index contributed by atoms with van der Waals surface area (Å²) < 4.78 is 56.1. The average molecular weight is 674 g/mol. The van der Waals surface area contributed by atoms with Crippen molar-refractivity contribution in [3.05, 3.63) is 69.1 Å². The van der Waals surface area contributed by atoms with E-state index < -0.39 is 45.9 Å². The Morgan fingerprint density at radius 2 is 1.94 bits per heavy atom. The van der Waals surface area contributed by atoms with Gasteiger partial charge in [0.05, 0.1) is 36.0 Å². The number of fused-ring (bicyclic) bond motifs is 1. The van der Waals surface area contributed by atoms with Gasteiger partial charge in [0.1, 0.15) is 28.8 Å². The van der Waals surface area contributed by atoms with Crippen LogP contribution in [0.4, 0.5) is 24.8 Å². The normalized spacial score (nSPS) is 17.0. The summed E-state index contributed by atoms with van der Waals surface area (Å²) >= 11 is 6.22. The lowest BCUT2D eigenvalue weighted by Crippen LogP contribution is -2.57. The van der Waals surface area contributed by atoms with Crippen LogP contribution in [0.5, 0.6) is 11.8 Å². The molecule has 0 bridgehead atoms. The summed E-state index contributed by atoms with van der Waals surface area (Å²) in [6, 6.07) is 7.01.